The van der Waals surface area contributed by atoms with E-state index in [1.807, 2.05) is 43.5 Å². The van der Waals surface area contributed by atoms with Gasteiger partial charge in [-0.1, -0.05) is 118 Å². The van der Waals surface area contributed by atoms with Crippen LogP contribution in [0.3, 0.4) is 0 Å². The van der Waals surface area contributed by atoms with Crippen LogP contribution < -0.4 is 35.5 Å². The summed E-state index contributed by atoms with van der Waals surface area (Å²) in [7, 11) is 0. The second-order valence-corrected chi connectivity index (χ2v) is 29.4. The van der Waals surface area contributed by atoms with Crippen LogP contribution in [-0.2, 0) is 43.3 Å². The number of fused-ring (bicyclic) bond motifs is 12. The zero-order chi connectivity index (χ0) is 65.3. The molecule has 10 N–H and O–H groups in total. The lowest BCUT2D eigenvalue weighted by Gasteiger charge is -2.50. The van der Waals surface area contributed by atoms with Gasteiger partial charge in [0.25, 0.3) is 0 Å². The van der Waals surface area contributed by atoms with Crippen molar-refractivity contribution < 1.29 is 44.5 Å². The van der Waals surface area contributed by atoms with E-state index in [1.54, 1.807) is 0 Å². The van der Waals surface area contributed by atoms with Crippen molar-refractivity contribution in [1.82, 2.24) is 26.3 Å². The van der Waals surface area contributed by atoms with Crippen LogP contribution in [-0.4, -0.2) is 112 Å². The van der Waals surface area contributed by atoms with E-state index in [2.05, 4.69) is 137 Å². The summed E-state index contributed by atoms with van der Waals surface area (Å²) < 4.78 is 30.0. The van der Waals surface area contributed by atoms with Crippen LogP contribution in [0.15, 0.2) is 121 Å². The number of aliphatic hydroxyl groups is 3. The number of hydrogen-bond acceptors (Lipinski definition) is 13. The largest absolute Gasteiger partial charge is 0.507 e. The summed E-state index contributed by atoms with van der Waals surface area (Å²) in [6.07, 6.45) is 17.7. The number of aryl methyl sites for hydroxylation is 3. The number of rotatable bonds is 23. The van der Waals surface area contributed by atoms with Gasteiger partial charge < -0.3 is 60.1 Å². The second-order valence-electron chi connectivity index (χ2n) is 29.4. The van der Waals surface area contributed by atoms with E-state index in [4.69, 9.17) is 18.9 Å². The van der Waals surface area contributed by atoms with Crippen molar-refractivity contribution in [2.75, 3.05) is 46.2 Å². The zero-order valence-electron chi connectivity index (χ0n) is 55.7. The maximum atomic E-state index is 12.5. The Labute approximate surface area is 560 Å². The van der Waals surface area contributed by atoms with Crippen LogP contribution in [0.2, 0.25) is 0 Å². The number of aromatic hydroxyl groups is 2. The topological polar surface area (TPSA) is 202 Å². The highest BCUT2D eigenvalue weighted by molar-refractivity contribution is 5.90. The Hall–Kier alpha value is -7.16. The van der Waals surface area contributed by atoms with Crippen molar-refractivity contribution in [3.8, 4) is 51.7 Å². The lowest BCUT2D eigenvalue weighted by atomic mass is 9.62. The van der Waals surface area contributed by atoms with E-state index in [9.17, 15) is 25.5 Å². The first kappa shape index (κ1) is 65.1. The van der Waals surface area contributed by atoms with Crippen molar-refractivity contribution in [3.63, 3.8) is 0 Å². The van der Waals surface area contributed by atoms with Gasteiger partial charge in [0.2, 0.25) is 0 Å². The number of aromatic nitrogens is 1. The Bertz CT molecular complexity index is 3960. The number of aliphatic hydroxyl groups excluding tert-OH is 2. The molecule has 95 heavy (non-hydrogen) atoms. The Morgan fingerprint density at radius 3 is 2.36 bits per heavy atom. The van der Waals surface area contributed by atoms with Crippen LogP contribution in [0.4, 0.5) is 0 Å². The van der Waals surface area contributed by atoms with Gasteiger partial charge in [-0.05, 0) is 212 Å². The van der Waals surface area contributed by atoms with E-state index in [1.165, 1.54) is 48.8 Å². The highest BCUT2D eigenvalue weighted by atomic mass is 16.6. The number of phenols is 2. The monoisotopic (exact) mass is 1280 g/mol. The predicted molar refractivity (Wildman–Crippen MR) is 374 cm³/mol. The molecule has 4 heterocycles. The molecule has 4 aliphatic carbocycles. The van der Waals surface area contributed by atoms with E-state index in [0.29, 0.717) is 74.8 Å². The third-order valence-corrected chi connectivity index (χ3v) is 22.1. The summed E-state index contributed by atoms with van der Waals surface area (Å²) >= 11 is 0. The molecule has 6 aromatic carbocycles. The Morgan fingerprint density at radius 1 is 0.779 bits per heavy atom. The maximum Gasteiger partial charge on any atom is 0.162 e. The Morgan fingerprint density at radius 2 is 1.57 bits per heavy atom. The van der Waals surface area contributed by atoms with E-state index < -0.39 is 35.6 Å². The number of benzene rings is 6. The smallest absolute Gasteiger partial charge is 0.162 e. The molecule has 0 saturated heterocycles. The molecule has 7 aliphatic rings. The molecule has 0 amide bonds. The highest BCUT2D eigenvalue weighted by Gasteiger charge is 2.56. The Kier molecular flexibility index (Phi) is 19.3. The van der Waals surface area contributed by atoms with Crippen molar-refractivity contribution in [1.29, 1.82) is 0 Å². The third kappa shape index (κ3) is 13.5. The average Bonchev–Trinajstić information content (AvgIpc) is 0.878. The zero-order valence-corrected chi connectivity index (χ0v) is 55.7. The van der Waals surface area contributed by atoms with E-state index in [0.717, 1.165) is 105 Å². The second kappa shape index (κ2) is 28.1. The van der Waals surface area contributed by atoms with Gasteiger partial charge in [-0.2, -0.15) is 0 Å². The summed E-state index contributed by atoms with van der Waals surface area (Å²) in [5.41, 5.74) is 12.2. The molecule has 14 nitrogen and oxygen atoms in total. The first-order chi connectivity index (χ1) is 46.3. The molecule has 0 radical (unpaired) electrons. The minimum absolute atomic E-state index is 0.0117. The minimum atomic E-state index is -1.33. The van der Waals surface area contributed by atoms with Gasteiger partial charge in [0.05, 0.1) is 25.5 Å². The van der Waals surface area contributed by atoms with E-state index >= 15 is 0 Å². The number of nitrogens with one attached hydrogen (secondary N) is 5. The molecule has 500 valence electrons. The summed E-state index contributed by atoms with van der Waals surface area (Å²) in [5, 5.41) is 75.1. The molecule has 1 spiro atoms. The molecule has 14 rings (SSSR count). The summed E-state index contributed by atoms with van der Waals surface area (Å²) in [6, 6.07) is 37.3. The normalized spacial score (nSPS) is 24.5. The molecule has 7 aromatic rings. The number of phenolic OH excluding ortho intramolecular Hbond substituents is 2. The number of ether oxygens (including phenoxy) is 4. The van der Waals surface area contributed by atoms with Crippen molar-refractivity contribution in [3.05, 3.63) is 177 Å². The van der Waals surface area contributed by atoms with Gasteiger partial charge in [-0.3, -0.25) is 10.6 Å². The van der Waals surface area contributed by atoms with Crippen molar-refractivity contribution in [2.45, 2.75) is 190 Å². The lowest BCUT2D eigenvalue weighted by molar-refractivity contribution is -0.144. The SMILES string of the molecule is CC(C)CC(C)(O)CNCNC1C#CCC(CO)Oc2cc(cc(CCc3ccccc3)c2O)C2Oc3c(c4c(c5c3CCC(CO)O5)-c3ccc(O)c5c3C(C4)C(c3ccc4[nH]ccc4c3)C(CNCCCc3ccccc3)=C5)CC12OCNC1CCCC2(CCCC2)C1. The molecule has 9 atom stereocenters. The van der Waals surface area contributed by atoms with Crippen LogP contribution >= 0.6 is 0 Å². The van der Waals surface area contributed by atoms with Gasteiger partial charge in [0.1, 0.15) is 41.1 Å². The lowest BCUT2D eigenvalue weighted by Crippen LogP contribution is -2.62. The average molecular weight is 1280 g/mol. The number of hydrogen-bond donors (Lipinski definition) is 10. The highest BCUT2D eigenvalue weighted by Crippen LogP contribution is 2.62. The van der Waals surface area contributed by atoms with Gasteiger partial charge in [0.15, 0.2) is 17.6 Å². The fourth-order valence-corrected chi connectivity index (χ4v) is 17.8. The molecule has 2 fully saturated rings. The summed E-state index contributed by atoms with van der Waals surface area (Å²) in [6.45, 7) is 7.88. The quantitative estimate of drug-likeness (QED) is 0.0165. The molecular weight excluding hydrogens is 1190 g/mol. The van der Waals surface area contributed by atoms with E-state index in [-0.39, 0.29) is 74.1 Å². The molecule has 2 bridgehead atoms. The molecular formula is C81H97N5O9. The molecule has 9 unspecified atom stereocenters. The van der Waals surface area contributed by atoms with Crippen LogP contribution in [0.25, 0.3) is 28.1 Å². The molecule has 2 saturated carbocycles. The van der Waals surface area contributed by atoms with Gasteiger partial charge in [-0.25, -0.2) is 0 Å². The van der Waals surface area contributed by atoms with Crippen LogP contribution in [0.1, 0.15) is 171 Å². The molecule has 14 heteroatoms. The summed E-state index contributed by atoms with van der Waals surface area (Å²) in [5.74, 6) is 9.17. The van der Waals surface area contributed by atoms with Crippen molar-refractivity contribution >= 4 is 17.0 Å². The number of H-pyrrole nitrogens is 1. The fourth-order valence-electron chi connectivity index (χ4n) is 17.8. The first-order valence-corrected chi connectivity index (χ1v) is 35.5. The third-order valence-electron chi connectivity index (χ3n) is 22.1. The Balaban J connectivity index is 0.951. The first-order valence-electron chi connectivity index (χ1n) is 35.5. The standard InChI is InChI=1S/C81H97N5O9/c1-51(2)42-79(3,91)48-83-49-85-71-22-12-21-60(46-87)93-70-40-57(38-56(75(70)90)24-23-53-17-8-5-9-18-53)78-81(71,92-50-86-59-20-13-34-80(43-59)32-10-11-33-80)44-67-64-41-66-72(55-25-29-68-54(37-55)31-36-84-68)58(45-82-35-14-19-52-15-6-4-7-16-52)39-65-69(89)30-28-62(73(65)66)74(64)77-63(76(67)95-78)27-26-61(47-88)94-77/h4-9,15-18,25,28-31,36-40,51,59-61,66,71-72,78,82-91H,10-11,13-14,19-21,23-24,26-27,32-35,41-50H2,1-3H3. The van der Waals surface area contributed by atoms with Crippen molar-refractivity contribution in [2.24, 2.45) is 11.3 Å². The van der Waals surface area contributed by atoms with Gasteiger partial charge in [-0.15, -0.1) is 0 Å². The number of aromatic amines is 1. The molecule has 1 aromatic heterocycles. The van der Waals surface area contributed by atoms with Crippen LogP contribution in [0.5, 0.6) is 28.7 Å². The van der Waals surface area contributed by atoms with Gasteiger partial charge in [0, 0.05) is 78.5 Å². The van der Waals surface area contributed by atoms with Crippen LogP contribution in [0, 0.1) is 23.2 Å². The predicted octanol–water partition coefficient (Wildman–Crippen LogP) is 12.7. The fraction of sp³-hybridized carbons (Fsp3) is 0.481. The maximum absolute atomic E-state index is 12.5. The molecule has 3 aliphatic heterocycles. The summed E-state index contributed by atoms with van der Waals surface area (Å²) in [4.78, 5) is 3.44. The van der Waals surface area contributed by atoms with Gasteiger partial charge >= 0.3 is 0 Å². The minimum Gasteiger partial charge on any atom is -0.507 e.